The summed E-state index contributed by atoms with van der Waals surface area (Å²) in [6.07, 6.45) is 2.80. The van der Waals surface area contributed by atoms with Gasteiger partial charge in [0.1, 0.15) is 5.82 Å². The fourth-order valence-electron chi connectivity index (χ4n) is 3.67. The first-order valence-electron chi connectivity index (χ1n) is 9.23. The Kier molecular flexibility index (Phi) is 4.87. The molecule has 0 spiro atoms. The van der Waals surface area contributed by atoms with Crippen molar-refractivity contribution >= 4 is 22.8 Å². The van der Waals surface area contributed by atoms with Gasteiger partial charge >= 0.3 is 6.09 Å². The van der Waals surface area contributed by atoms with Crippen molar-refractivity contribution in [1.82, 2.24) is 15.3 Å². The summed E-state index contributed by atoms with van der Waals surface area (Å²) in [6.45, 7) is 2.30. The smallest absolute Gasteiger partial charge is 0.404 e. The number of carbonyl (C=O) groups is 1. The van der Waals surface area contributed by atoms with Crippen molar-refractivity contribution in [1.29, 1.82) is 0 Å². The third-order valence-corrected chi connectivity index (χ3v) is 5.14. The number of aromatic nitrogens is 2. The first kappa shape index (κ1) is 17.3. The summed E-state index contributed by atoms with van der Waals surface area (Å²) in [5.41, 5.74) is 3.00. The zero-order chi connectivity index (χ0) is 18.6. The number of hydrogen-bond acceptors (Lipinski definition) is 4. The van der Waals surface area contributed by atoms with Gasteiger partial charge in [-0.1, -0.05) is 24.3 Å². The van der Waals surface area contributed by atoms with Crippen LogP contribution < -0.4 is 10.2 Å². The van der Waals surface area contributed by atoms with Gasteiger partial charge in [0.15, 0.2) is 0 Å². The molecule has 0 saturated carbocycles. The topological polar surface area (TPSA) is 78.4 Å². The van der Waals surface area contributed by atoms with E-state index in [-0.39, 0.29) is 0 Å². The molecular weight excluding hydrogens is 340 g/mol. The van der Waals surface area contributed by atoms with Gasteiger partial charge in [0.25, 0.3) is 0 Å². The number of piperidine rings is 1. The number of fused-ring (bicyclic) bond motifs is 1. The van der Waals surface area contributed by atoms with E-state index in [1.54, 1.807) is 0 Å². The molecule has 0 aliphatic carbocycles. The summed E-state index contributed by atoms with van der Waals surface area (Å²) in [5.74, 6) is 1.36. The number of nitrogens with zero attached hydrogens (tertiary/aromatic N) is 3. The van der Waals surface area contributed by atoms with Gasteiger partial charge in [-0.15, -0.1) is 0 Å². The van der Waals surface area contributed by atoms with E-state index >= 15 is 0 Å². The molecule has 3 heterocycles. The van der Waals surface area contributed by atoms with E-state index in [2.05, 4.69) is 21.3 Å². The minimum Gasteiger partial charge on any atom is -0.465 e. The molecule has 27 heavy (non-hydrogen) atoms. The van der Waals surface area contributed by atoms with Crippen molar-refractivity contribution in [3.05, 3.63) is 54.7 Å². The van der Waals surface area contributed by atoms with Gasteiger partial charge in [0.2, 0.25) is 0 Å². The lowest BCUT2D eigenvalue weighted by atomic mass is 9.97. The van der Waals surface area contributed by atoms with Gasteiger partial charge in [0, 0.05) is 36.8 Å². The maximum Gasteiger partial charge on any atom is 0.404 e. The Balaban J connectivity index is 1.53. The number of carboxylic acid groups (broad SMARTS) is 1. The largest absolute Gasteiger partial charge is 0.465 e. The summed E-state index contributed by atoms with van der Waals surface area (Å²) >= 11 is 0. The average molecular weight is 362 g/mol. The van der Waals surface area contributed by atoms with E-state index in [1.807, 2.05) is 48.7 Å². The summed E-state index contributed by atoms with van der Waals surface area (Å²) in [5, 5.41) is 12.3. The summed E-state index contributed by atoms with van der Waals surface area (Å²) in [6, 6.07) is 16.2. The SMILES string of the molecule is O=C(O)NCC1CCN(c2cccc(-c3ccnc4ccccc34)n2)CC1. The number of pyridine rings is 2. The highest BCUT2D eigenvalue weighted by Crippen LogP contribution is 2.28. The molecule has 1 amide bonds. The van der Waals surface area contributed by atoms with Crippen LogP contribution in [0.2, 0.25) is 0 Å². The highest BCUT2D eigenvalue weighted by atomic mass is 16.4. The first-order chi connectivity index (χ1) is 13.2. The third-order valence-electron chi connectivity index (χ3n) is 5.14. The van der Waals surface area contributed by atoms with Gasteiger partial charge < -0.3 is 15.3 Å². The lowest BCUT2D eigenvalue weighted by molar-refractivity contribution is 0.191. The van der Waals surface area contributed by atoms with Crippen LogP contribution in [-0.2, 0) is 0 Å². The van der Waals surface area contributed by atoms with E-state index in [9.17, 15) is 4.79 Å². The lowest BCUT2D eigenvalue weighted by Gasteiger charge is -2.32. The van der Waals surface area contributed by atoms with Gasteiger partial charge in [-0.25, -0.2) is 9.78 Å². The Morgan fingerprint density at radius 1 is 1.11 bits per heavy atom. The molecule has 6 heteroatoms. The van der Waals surface area contributed by atoms with Crippen molar-refractivity contribution in [3.8, 4) is 11.3 Å². The predicted molar refractivity (Wildman–Crippen MR) is 106 cm³/mol. The van der Waals surface area contributed by atoms with Crippen LogP contribution in [0.4, 0.5) is 10.6 Å². The number of hydrogen-bond donors (Lipinski definition) is 2. The number of para-hydroxylation sites is 1. The quantitative estimate of drug-likeness (QED) is 0.738. The number of benzene rings is 1. The molecule has 1 fully saturated rings. The Morgan fingerprint density at radius 3 is 2.74 bits per heavy atom. The third kappa shape index (κ3) is 3.84. The second kappa shape index (κ2) is 7.61. The minimum absolute atomic E-state index is 0.393. The van der Waals surface area contributed by atoms with Gasteiger partial charge in [-0.05, 0) is 43.0 Å². The molecular formula is C21H22N4O2. The van der Waals surface area contributed by atoms with Crippen LogP contribution in [0.1, 0.15) is 12.8 Å². The molecule has 0 bridgehead atoms. The maximum atomic E-state index is 10.7. The zero-order valence-corrected chi connectivity index (χ0v) is 15.0. The Hall–Kier alpha value is -3.15. The minimum atomic E-state index is -0.948. The van der Waals surface area contributed by atoms with E-state index in [1.165, 1.54) is 0 Å². The molecule has 138 valence electrons. The standard InChI is InChI=1S/C21H22N4O2/c26-21(27)23-14-15-9-12-25(13-10-15)20-7-3-6-19(24-20)17-8-11-22-18-5-2-1-4-16(17)18/h1-8,11,15,23H,9-10,12-14H2,(H,26,27). The second-order valence-corrected chi connectivity index (χ2v) is 6.87. The van der Waals surface area contributed by atoms with Crippen LogP contribution in [-0.4, -0.2) is 40.8 Å². The summed E-state index contributed by atoms with van der Waals surface area (Å²) in [4.78, 5) is 22.3. The van der Waals surface area contributed by atoms with Gasteiger partial charge in [-0.3, -0.25) is 4.98 Å². The van der Waals surface area contributed by atoms with Crippen molar-refractivity contribution in [2.24, 2.45) is 5.92 Å². The predicted octanol–water partition coefficient (Wildman–Crippen LogP) is 3.78. The molecule has 3 aromatic rings. The van der Waals surface area contributed by atoms with Crippen molar-refractivity contribution < 1.29 is 9.90 Å². The molecule has 1 aliphatic heterocycles. The number of nitrogens with one attached hydrogen (secondary N) is 1. The number of amides is 1. The zero-order valence-electron chi connectivity index (χ0n) is 15.0. The second-order valence-electron chi connectivity index (χ2n) is 6.87. The van der Waals surface area contributed by atoms with Crippen LogP contribution in [0.5, 0.6) is 0 Å². The molecule has 6 nitrogen and oxygen atoms in total. The van der Waals surface area contributed by atoms with Crippen LogP contribution >= 0.6 is 0 Å². The maximum absolute atomic E-state index is 10.7. The molecule has 4 rings (SSSR count). The van der Waals surface area contributed by atoms with Gasteiger partial charge in [-0.2, -0.15) is 0 Å². The highest BCUT2D eigenvalue weighted by Gasteiger charge is 2.21. The normalized spacial score (nSPS) is 15.0. The van der Waals surface area contributed by atoms with Crippen molar-refractivity contribution in [2.75, 3.05) is 24.5 Å². The van der Waals surface area contributed by atoms with Gasteiger partial charge in [0.05, 0.1) is 11.2 Å². The molecule has 2 aromatic heterocycles. The Labute approximate surface area is 157 Å². The van der Waals surface area contributed by atoms with Crippen LogP contribution in [0.3, 0.4) is 0 Å². The Bertz CT molecular complexity index is 946. The van der Waals surface area contributed by atoms with E-state index < -0.39 is 6.09 Å². The van der Waals surface area contributed by atoms with Crippen LogP contribution in [0.15, 0.2) is 54.7 Å². The van der Waals surface area contributed by atoms with Crippen molar-refractivity contribution in [3.63, 3.8) is 0 Å². The molecule has 0 radical (unpaired) electrons. The fraction of sp³-hybridized carbons (Fsp3) is 0.286. The van der Waals surface area contributed by atoms with E-state index in [0.29, 0.717) is 12.5 Å². The summed E-state index contributed by atoms with van der Waals surface area (Å²) < 4.78 is 0. The molecule has 1 aliphatic rings. The molecule has 1 saturated heterocycles. The molecule has 0 unspecified atom stereocenters. The van der Waals surface area contributed by atoms with E-state index in [4.69, 9.17) is 10.1 Å². The van der Waals surface area contributed by atoms with E-state index in [0.717, 1.165) is 53.9 Å². The highest BCUT2D eigenvalue weighted by molar-refractivity contribution is 5.93. The number of anilines is 1. The van der Waals surface area contributed by atoms with Crippen LogP contribution in [0.25, 0.3) is 22.2 Å². The Morgan fingerprint density at radius 2 is 1.93 bits per heavy atom. The monoisotopic (exact) mass is 362 g/mol. The molecule has 0 atom stereocenters. The lowest BCUT2D eigenvalue weighted by Crippen LogP contribution is -2.38. The number of rotatable bonds is 4. The molecule has 2 N–H and O–H groups in total. The first-order valence-corrected chi connectivity index (χ1v) is 9.23. The fourth-order valence-corrected chi connectivity index (χ4v) is 3.67. The average Bonchev–Trinajstić information content (AvgIpc) is 2.72. The van der Waals surface area contributed by atoms with Crippen molar-refractivity contribution in [2.45, 2.75) is 12.8 Å². The van der Waals surface area contributed by atoms with Crippen LogP contribution in [0, 0.1) is 5.92 Å². The molecule has 1 aromatic carbocycles. The summed E-state index contributed by atoms with van der Waals surface area (Å²) in [7, 11) is 0.